The molecule has 0 spiro atoms. The molecule has 3 aliphatic carbocycles. The Morgan fingerprint density at radius 2 is 1.65 bits per heavy atom. The second-order valence-corrected chi connectivity index (χ2v) is 10.4. The number of hydrogen-bond acceptors (Lipinski definition) is 4. The van der Waals surface area contributed by atoms with E-state index in [1.54, 1.807) is 0 Å². The lowest BCUT2D eigenvalue weighted by Crippen LogP contribution is -2.33. The predicted molar refractivity (Wildman–Crippen MR) is 107 cm³/mol. The molecular weight excluding hydrogens is 438 g/mol. The fraction of sp³-hybridized carbons (Fsp3) is 0.667. The molecule has 3 fully saturated rings. The molecule has 3 saturated carbocycles. The third-order valence-corrected chi connectivity index (χ3v) is 7.67. The highest BCUT2D eigenvalue weighted by molar-refractivity contribution is 7.91. The molecule has 0 aliphatic heterocycles. The molecule has 1 aromatic carbocycles. The van der Waals surface area contributed by atoms with Crippen LogP contribution in [0.15, 0.2) is 12.1 Å². The van der Waals surface area contributed by atoms with Crippen molar-refractivity contribution >= 4 is 15.9 Å². The standard InChI is InChI=1S/C14H16FNO4S.C7H11F3/c1-20-13-7-12(15)11(6-10(13)8-2-3-8)14(17)16-21(18,19)9-4-5-9;8-7(9,10)6-4-2-1-3-5-6/h6-9H,2-5H2,1H3,(H,16,17);6H,1-5H2. The second-order valence-electron chi connectivity index (χ2n) is 8.40. The molecule has 0 heterocycles. The van der Waals surface area contributed by atoms with E-state index in [-0.39, 0.29) is 11.5 Å². The summed E-state index contributed by atoms with van der Waals surface area (Å²) in [5.41, 5.74) is 0.509. The number of ether oxygens (including phenoxy) is 1. The summed E-state index contributed by atoms with van der Waals surface area (Å²) in [4.78, 5) is 12.0. The third kappa shape index (κ3) is 6.33. The van der Waals surface area contributed by atoms with Gasteiger partial charge in [-0.15, -0.1) is 0 Å². The highest BCUT2D eigenvalue weighted by atomic mass is 32.2. The van der Waals surface area contributed by atoms with Gasteiger partial charge in [0.2, 0.25) is 10.0 Å². The lowest BCUT2D eigenvalue weighted by Gasteiger charge is -2.23. The Bertz CT molecular complexity index is 903. The van der Waals surface area contributed by atoms with Crippen molar-refractivity contribution in [2.75, 3.05) is 7.11 Å². The van der Waals surface area contributed by atoms with Gasteiger partial charge in [0, 0.05) is 6.07 Å². The maximum atomic E-state index is 14.0. The fourth-order valence-corrected chi connectivity index (χ4v) is 5.00. The van der Waals surface area contributed by atoms with Crippen LogP contribution < -0.4 is 9.46 Å². The van der Waals surface area contributed by atoms with Gasteiger partial charge in [-0.3, -0.25) is 4.79 Å². The van der Waals surface area contributed by atoms with Gasteiger partial charge in [-0.1, -0.05) is 19.3 Å². The number of carbonyl (C=O) groups excluding carboxylic acids is 1. The number of methoxy groups -OCH3 is 1. The number of sulfonamides is 1. The molecule has 0 saturated heterocycles. The third-order valence-electron chi connectivity index (χ3n) is 5.85. The summed E-state index contributed by atoms with van der Waals surface area (Å²) in [5.74, 6) is -2.03. The molecule has 0 aromatic heterocycles. The molecule has 0 unspecified atom stereocenters. The maximum absolute atomic E-state index is 14.0. The zero-order valence-electron chi connectivity index (χ0n) is 17.3. The van der Waals surface area contributed by atoms with E-state index in [1.807, 2.05) is 4.72 Å². The van der Waals surface area contributed by atoms with E-state index >= 15 is 0 Å². The molecule has 31 heavy (non-hydrogen) atoms. The van der Waals surface area contributed by atoms with Gasteiger partial charge in [-0.2, -0.15) is 13.2 Å². The number of amides is 1. The van der Waals surface area contributed by atoms with Crippen molar-refractivity contribution in [3.63, 3.8) is 0 Å². The van der Waals surface area contributed by atoms with E-state index in [2.05, 4.69) is 0 Å². The highest BCUT2D eigenvalue weighted by Gasteiger charge is 2.39. The second kappa shape index (κ2) is 9.34. The Morgan fingerprint density at radius 3 is 2.10 bits per heavy atom. The molecule has 3 aliphatic rings. The predicted octanol–water partition coefficient (Wildman–Crippen LogP) is 5.06. The number of nitrogens with one attached hydrogen (secondary N) is 1. The minimum Gasteiger partial charge on any atom is -0.496 e. The van der Waals surface area contributed by atoms with Gasteiger partial charge in [0.05, 0.1) is 23.8 Å². The van der Waals surface area contributed by atoms with Crippen molar-refractivity contribution in [1.29, 1.82) is 0 Å². The van der Waals surface area contributed by atoms with Crippen molar-refractivity contribution < 1.29 is 35.5 Å². The minimum absolute atomic E-state index is 0.248. The average molecular weight is 466 g/mol. The van der Waals surface area contributed by atoms with Crippen molar-refractivity contribution in [2.24, 2.45) is 5.92 Å². The lowest BCUT2D eigenvalue weighted by atomic mass is 9.89. The lowest BCUT2D eigenvalue weighted by molar-refractivity contribution is -0.181. The summed E-state index contributed by atoms with van der Waals surface area (Å²) in [7, 11) is -2.24. The topological polar surface area (TPSA) is 72.5 Å². The van der Waals surface area contributed by atoms with Crippen LogP contribution in [0, 0.1) is 11.7 Å². The molecule has 10 heteroatoms. The van der Waals surface area contributed by atoms with Gasteiger partial charge in [0.25, 0.3) is 5.91 Å². The quantitative estimate of drug-likeness (QED) is 0.617. The summed E-state index contributed by atoms with van der Waals surface area (Å²) in [6.07, 6.45) is 2.27. The number of benzene rings is 1. The van der Waals surface area contributed by atoms with Gasteiger partial charge in [0.15, 0.2) is 0 Å². The first kappa shape index (κ1) is 23.8. The van der Waals surface area contributed by atoms with Crippen LogP contribution in [0.4, 0.5) is 17.6 Å². The maximum Gasteiger partial charge on any atom is 0.391 e. The van der Waals surface area contributed by atoms with E-state index in [9.17, 15) is 30.8 Å². The van der Waals surface area contributed by atoms with E-state index in [0.717, 1.165) is 43.7 Å². The Morgan fingerprint density at radius 1 is 1.03 bits per heavy atom. The van der Waals surface area contributed by atoms with Gasteiger partial charge in [0.1, 0.15) is 11.6 Å². The molecule has 0 bridgehead atoms. The van der Waals surface area contributed by atoms with Crippen LogP contribution in [0.3, 0.4) is 0 Å². The Kier molecular flexibility index (Phi) is 7.18. The largest absolute Gasteiger partial charge is 0.496 e. The SMILES string of the molecule is COc1cc(F)c(C(=O)NS(=O)(=O)C2CC2)cc1C1CC1.FC(F)(F)C1CCCCC1. The van der Waals surface area contributed by atoms with E-state index in [1.165, 1.54) is 13.2 Å². The van der Waals surface area contributed by atoms with Gasteiger partial charge in [-0.05, 0) is 56.1 Å². The van der Waals surface area contributed by atoms with E-state index in [4.69, 9.17) is 4.74 Å². The minimum atomic E-state index is -3.93. The van der Waals surface area contributed by atoms with Gasteiger partial charge in [-0.25, -0.2) is 17.5 Å². The van der Waals surface area contributed by atoms with Crippen LogP contribution in [0.1, 0.15) is 79.6 Å². The van der Waals surface area contributed by atoms with E-state index < -0.39 is 39.1 Å². The average Bonchev–Trinajstić information content (AvgIpc) is 3.60. The highest BCUT2D eigenvalue weighted by Crippen LogP contribution is 2.45. The van der Waals surface area contributed by atoms with Crippen LogP contribution in [-0.2, 0) is 10.0 Å². The first-order valence-electron chi connectivity index (χ1n) is 10.5. The van der Waals surface area contributed by atoms with E-state index in [0.29, 0.717) is 31.4 Å². The monoisotopic (exact) mass is 465 g/mol. The van der Waals surface area contributed by atoms with Crippen molar-refractivity contribution in [1.82, 2.24) is 4.72 Å². The van der Waals surface area contributed by atoms with Crippen LogP contribution >= 0.6 is 0 Å². The fourth-order valence-electron chi connectivity index (χ4n) is 3.71. The van der Waals surface area contributed by atoms with Crippen molar-refractivity contribution in [3.8, 4) is 5.75 Å². The van der Waals surface area contributed by atoms with Crippen molar-refractivity contribution in [2.45, 2.75) is 75.1 Å². The molecular formula is C21H27F4NO4S. The van der Waals surface area contributed by atoms with Gasteiger partial charge < -0.3 is 4.74 Å². The molecule has 174 valence electrons. The summed E-state index contributed by atoms with van der Waals surface area (Å²) >= 11 is 0. The molecule has 4 rings (SSSR count). The summed E-state index contributed by atoms with van der Waals surface area (Å²) < 4.78 is 80.4. The molecule has 0 atom stereocenters. The molecule has 0 radical (unpaired) electrons. The number of hydrogen-bond donors (Lipinski definition) is 1. The summed E-state index contributed by atoms with van der Waals surface area (Å²) in [6.45, 7) is 0. The smallest absolute Gasteiger partial charge is 0.391 e. The van der Waals surface area contributed by atoms with Crippen LogP contribution in [0.2, 0.25) is 0 Å². The first-order valence-corrected chi connectivity index (χ1v) is 12.1. The molecule has 1 N–H and O–H groups in total. The van der Waals surface area contributed by atoms with Crippen LogP contribution in [-0.4, -0.2) is 32.9 Å². The Balaban J connectivity index is 0.000000229. The van der Waals surface area contributed by atoms with Crippen molar-refractivity contribution in [3.05, 3.63) is 29.1 Å². The molecule has 1 aromatic rings. The zero-order chi connectivity index (χ0) is 22.8. The summed E-state index contributed by atoms with van der Waals surface area (Å²) in [5, 5.41) is -0.523. The Hall–Kier alpha value is -1.84. The first-order chi connectivity index (χ1) is 14.5. The normalized spacial score (nSPS) is 19.9. The number of rotatable bonds is 5. The summed E-state index contributed by atoms with van der Waals surface area (Å²) in [6, 6.07) is 2.55. The van der Waals surface area contributed by atoms with Crippen LogP contribution in [0.5, 0.6) is 5.75 Å². The number of carbonyl (C=O) groups is 1. The van der Waals surface area contributed by atoms with Crippen LogP contribution in [0.25, 0.3) is 0 Å². The number of halogens is 4. The molecule has 1 amide bonds. The zero-order valence-corrected chi connectivity index (χ0v) is 18.1. The molecule has 5 nitrogen and oxygen atoms in total. The van der Waals surface area contributed by atoms with Gasteiger partial charge >= 0.3 is 6.18 Å². The Labute approximate surface area is 179 Å². The number of alkyl halides is 3.